The topological polar surface area (TPSA) is 37.4 Å². The largest absolute Gasteiger partial charge is 0.269 e. The summed E-state index contributed by atoms with van der Waals surface area (Å²) in [6.07, 6.45) is 1.27. The van der Waals surface area contributed by atoms with Crippen molar-refractivity contribution in [2.24, 2.45) is 0 Å². The van der Waals surface area contributed by atoms with E-state index in [1.165, 1.54) is 6.08 Å². The lowest BCUT2D eigenvalue weighted by molar-refractivity contribution is -0.120. The number of benzene rings is 1. The molecular formula is C11H6BrCl2NO2. The van der Waals surface area contributed by atoms with Gasteiger partial charge in [-0.2, -0.15) is 0 Å². The number of nitrogens with zero attached hydrogens (tertiary/aromatic N) is 1. The first-order valence-corrected chi connectivity index (χ1v) is 6.18. The zero-order valence-electron chi connectivity index (χ0n) is 8.63. The third kappa shape index (κ3) is 2.01. The fraction of sp³-hybridized carbons (Fsp3) is 0.0909. The Morgan fingerprint density at radius 2 is 1.82 bits per heavy atom. The molecular weight excluding hydrogens is 329 g/mol. The highest BCUT2D eigenvalue weighted by atomic mass is 79.9. The summed E-state index contributed by atoms with van der Waals surface area (Å²) in [7, 11) is 0. The molecule has 0 aliphatic carbocycles. The van der Waals surface area contributed by atoms with Crippen LogP contribution in [0.5, 0.6) is 0 Å². The minimum Gasteiger partial charge on any atom is -0.269 e. The molecule has 0 N–H and O–H groups in total. The van der Waals surface area contributed by atoms with E-state index < -0.39 is 5.91 Å². The molecule has 0 bridgehead atoms. The molecule has 1 aromatic rings. The zero-order valence-corrected chi connectivity index (χ0v) is 11.7. The van der Waals surface area contributed by atoms with E-state index in [1.807, 2.05) is 0 Å². The summed E-state index contributed by atoms with van der Waals surface area (Å²) in [5, 5.41) is 0.445. The summed E-state index contributed by atoms with van der Waals surface area (Å²) < 4.78 is 0.608. The highest BCUT2D eigenvalue weighted by Gasteiger charge is 2.31. The zero-order chi connectivity index (χ0) is 12.7. The molecule has 2 rings (SSSR count). The van der Waals surface area contributed by atoms with Crippen LogP contribution in [0, 0.1) is 0 Å². The number of halogens is 3. The maximum absolute atomic E-state index is 11.8. The van der Waals surface area contributed by atoms with Gasteiger partial charge in [0.05, 0.1) is 15.7 Å². The lowest BCUT2D eigenvalue weighted by Crippen LogP contribution is -2.30. The van der Waals surface area contributed by atoms with Crippen molar-refractivity contribution in [2.75, 3.05) is 4.90 Å². The standard InChI is InChI=1S/C11H6BrCl2NO2/c1-5-4-8(16)15(11(5)17)7-3-2-6(12)9(13)10(7)14/h2-4H,1H3. The molecule has 17 heavy (non-hydrogen) atoms. The molecule has 1 heterocycles. The van der Waals surface area contributed by atoms with Crippen molar-refractivity contribution in [1.29, 1.82) is 0 Å². The van der Waals surface area contributed by atoms with E-state index >= 15 is 0 Å². The van der Waals surface area contributed by atoms with E-state index in [4.69, 9.17) is 23.2 Å². The van der Waals surface area contributed by atoms with Crippen LogP contribution in [-0.4, -0.2) is 11.8 Å². The number of amides is 2. The van der Waals surface area contributed by atoms with Crippen molar-refractivity contribution < 1.29 is 9.59 Å². The molecule has 0 spiro atoms. The predicted octanol–water partition coefficient (Wildman–Crippen LogP) is 3.58. The molecule has 0 atom stereocenters. The van der Waals surface area contributed by atoms with Gasteiger partial charge in [-0.3, -0.25) is 9.59 Å². The Morgan fingerprint density at radius 1 is 1.18 bits per heavy atom. The Labute approximate surface area is 116 Å². The molecule has 0 unspecified atom stereocenters. The van der Waals surface area contributed by atoms with E-state index in [1.54, 1.807) is 19.1 Å². The Bertz CT molecular complexity index is 569. The number of imide groups is 1. The molecule has 1 aliphatic heterocycles. The lowest BCUT2D eigenvalue weighted by atomic mass is 10.2. The van der Waals surface area contributed by atoms with Gasteiger partial charge in [-0.25, -0.2) is 4.90 Å². The van der Waals surface area contributed by atoms with Crippen LogP contribution in [0.3, 0.4) is 0 Å². The van der Waals surface area contributed by atoms with Gasteiger partial charge in [-0.1, -0.05) is 23.2 Å². The summed E-state index contributed by atoms with van der Waals surface area (Å²) in [5.74, 6) is -0.789. The van der Waals surface area contributed by atoms with Gasteiger partial charge in [-0.15, -0.1) is 0 Å². The number of hydrogen-bond acceptors (Lipinski definition) is 2. The normalized spacial score (nSPS) is 15.5. The highest BCUT2D eigenvalue weighted by molar-refractivity contribution is 9.10. The predicted molar refractivity (Wildman–Crippen MR) is 70.4 cm³/mol. The van der Waals surface area contributed by atoms with E-state index in [9.17, 15) is 9.59 Å². The van der Waals surface area contributed by atoms with Gasteiger partial charge in [-0.05, 0) is 35.0 Å². The van der Waals surface area contributed by atoms with E-state index in [-0.39, 0.29) is 16.0 Å². The average Bonchev–Trinajstić information content (AvgIpc) is 2.52. The number of rotatable bonds is 1. The SMILES string of the molecule is CC1=CC(=O)N(c2ccc(Br)c(Cl)c2Cl)C1=O. The molecule has 0 radical (unpaired) electrons. The van der Waals surface area contributed by atoms with Crippen LogP contribution >= 0.6 is 39.1 Å². The second kappa shape index (κ2) is 4.44. The van der Waals surface area contributed by atoms with Crippen molar-refractivity contribution in [3.63, 3.8) is 0 Å². The number of anilines is 1. The smallest absolute Gasteiger partial charge is 0.261 e. The number of hydrogen-bond donors (Lipinski definition) is 0. The number of carbonyl (C=O) groups is 2. The van der Waals surface area contributed by atoms with Crippen LogP contribution in [0.2, 0.25) is 10.0 Å². The molecule has 0 aromatic heterocycles. The van der Waals surface area contributed by atoms with Gasteiger partial charge < -0.3 is 0 Å². The van der Waals surface area contributed by atoms with Crippen LogP contribution in [-0.2, 0) is 9.59 Å². The van der Waals surface area contributed by atoms with Gasteiger partial charge in [0.15, 0.2) is 0 Å². The lowest BCUT2D eigenvalue weighted by Gasteiger charge is -2.17. The molecule has 1 aliphatic rings. The van der Waals surface area contributed by atoms with Crippen LogP contribution < -0.4 is 4.90 Å². The van der Waals surface area contributed by atoms with Crippen molar-refractivity contribution in [3.05, 3.63) is 38.3 Å². The molecule has 1 aromatic carbocycles. The van der Waals surface area contributed by atoms with E-state index in [0.29, 0.717) is 15.7 Å². The molecule has 0 fully saturated rings. The molecule has 3 nitrogen and oxygen atoms in total. The van der Waals surface area contributed by atoms with Gasteiger partial charge in [0.1, 0.15) is 0 Å². The number of carbonyl (C=O) groups excluding carboxylic acids is 2. The van der Waals surface area contributed by atoms with E-state index in [2.05, 4.69) is 15.9 Å². The van der Waals surface area contributed by atoms with Crippen molar-refractivity contribution in [2.45, 2.75) is 6.92 Å². The first-order valence-electron chi connectivity index (χ1n) is 4.63. The van der Waals surface area contributed by atoms with Gasteiger partial charge in [0.25, 0.3) is 11.8 Å². The van der Waals surface area contributed by atoms with Gasteiger partial charge in [0.2, 0.25) is 0 Å². The van der Waals surface area contributed by atoms with Crippen LogP contribution in [0.4, 0.5) is 5.69 Å². The fourth-order valence-corrected chi connectivity index (χ4v) is 2.36. The quantitative estimate of drug-likeness (QED) is 0.581. The minimum absolute atomic E-state index is 0.172. The fourth-order valence-electron chi connectivity index (χ4n) is 1.50. The third-order valence-electron chi connectivity index (χ3n) is 2.36. The minimum atomic E-state index is -0.409. The Morgan fingerprint density at radius 3 is 2.35 bits per heavy atom. The summed E-state index contributed by atoms with van der Waals surface area (Å²) >= 11 is 15.2. The average molecular weight is 335 g/mol. The summed E-state index contributed by atoms with van der Waals surface area (Å²) in [5.41, 5.74) is 0.674. The van der Waals surface area contributed by atoms with E-state index in [0.717, 1.165) is 4.90 Å². The highest BCUT2D eigenvalue weighted by Crippen LogP contribution is 2.39. The summed E-state index contributed by atoms with van der Waals surface area (Å²) in [6.45, 7) is 1.58. The van der Waals surface area contributed by atoms with Crippen molar-refractivity contribution in [1.82, 2.24) is 0 Å². The van der Waals surface area contributed by atoms with Gasteiger partial charge >= 0.3 is 0 Å². The maximum Gasteiger partial charge on any atom is 0.261 e. The summed E-state index contributed by atoms with van der Waals surface area (Å²) in [4.78, 5) is 24.5. The summed E-state index contributed by atoms with van der Waals surface area (Å²) in [6, 6.07) is 3.21. The second-order valence-electron chi connectivity index (χ2n) is 3.50. The maximum atomic E-state index is 11.8. The Balaban J connectivity index is 2.54. The first-order chi connectivity index (χ1) is 7.93. The van der Waals surface area contributed by atoms with Crippen molar-refractivity contribution >= 4 is 56.6 Å². The van der Waals surface area contributed by atoms with Crippen LogP contribution in [0.25, 0.3) is 0 Å². The van der Waals surface area contributed by atoms with Crippen LogP contribution in [0.15, 0.2) is 28.3 Å². The van der Waals surface area contributed by atoms with Crippen LogP contribution in [0.1, 0.15) is 6.92 Å². The first kappa shape index (κ1) is 12.6. The second-order valence-corrected chi connectivity index (χ2v) is 5.11. The molecule has 88 valence electrons. The molecule has 2 amide bonds. The monoisotopic (exact) mass is 333 g/mol. The third-order valence-corrected chi connectivity index (χ3v) is 4.12. The molecule has 6 heteroatoms. The van der Waals surface area contributed by atoms with Crippen molar-refractivity contribution in [3.8, 4) is 0 Å². The van der Waals surface area contributed by atoms with Gasteiger partial charge in [0, 0.05) is 16.1 Å². The Kier molecular flexibility index (Phi) is 3.30. The Hall–Kier alpha value is -0.840. The molecule has 0 saturated heterocycles. The molecule has 0 saturated carbocycles.